The molecule has 1 aromatic heterocycles. The minimum absolute atomic E-state index is 0.0309. The summed E-state index contributed by atoms with van der Waals surface area (Å²) in [5.74, 6) is -0.794. The number of nitriles is 1. The van der Waals surface area contributed by atoms with Crippen molar-refractivity contribution in [1.82, 2.24) is 10.2 Å². The molecular weight excluding hydrogens is 379 g/mol. The van der Waals surface area contributed by atoms with Crippen molar-refractivity contribution in [2.75, 3.05) is 25.0 Å². The highest BCUT2D eigenvalue weighted by Gasteiger charge is 2.33. The molecule has 3 rings (SSSR count). The Morgan fingerprint density at radius 2 is 2.14 bits per heavy atom. The van der Waals surface area contributed by atoms with Gasteiger partial charge < -0.3 is 15.5 Å². The summed E-state index contributed by atoms with van der Waals surface area (Å²) in [4.78, 5) is 27.7. The molecule has 0 bridgehead atoms. The fourth-order valence-corrected chi connectivity index (χ4v) is 3.98. The summed E-state index contributed by atoms with van der Waals surface area (Å²) in [7, 11) is 0. The average molecular weight is 400 g/mol. The smallest absolute Gasteiger partial charge is 0.242 e. The molecule has 2 aromatic rings. The first-order valence-electron chi connectivity index (χ1n) is 9.12. The molecule has 1 aliphatic rings. The van der Waals surface area contributed by atoms with E-state index < -0.39 is 11.9 Å². The summed E-state index contributed by atoms with van der Waals surface area (Å²) >= 11 is 1.53. The van der Waals surface area contributed by atoms with E-state index >= 15 is 0 Å². The van der Waals surface area contributed by atoms with Gasteiger partial charge in [-0.15, -0.1) is 11.3 Å². The Bertz CT molecular complexity index is 879. The predicted octanol–water partition coefficient (Wildman–Crippen LogP) is 2.52. The van der Waals surface area contributed by atoms with Gasteiger partial charge in [-0.05, 0) is 36.4 Å². The van der Waals surface area contributed by atoms with Crippen molar-refractivity contribution in [1.29, 1.82) is 5.26 Å². The van der Waals surface area contributed by atoms with Crippen molar-refractivity contribution >= 4 is 28.8 Å². The van der Waals surface area contributed by atoms with Crippen molar-refractivity contribution in [2.45, 2.75) is 25.3 Å². The van der Waals surface area contributed by atoms with Gasteiger partial charge in [0.05, 0.1) is 12.1 Å². The first-order valence-corrected chi connectivity index (χ1v) is 10.00. The molecule has 1 fully saturated rings. The lowest BCUT2D eigenvalue weighted by Gasteiger charge is -2.24. The number of amides is 2. The normalized spacial score (nSPS) is 15.9. The molecule has 1 aliphatic heterocycles. The largest absolute Gasteiger partial charge is 0.382 e. The lowest BCUT2D eigenvalue weighted by molar-refractivity contribution is -0.137. The number of likely N-dealkylation sites (tertiary alicyclic amines) is 1. The second-order valence-corrected chi connectivity index (χ2v) is 7.53. The van der Waals surface area contributed by atoms with E-state index in [-0.39, 0.29) is 17.4 Å². The van der Waals surface area contributed by atoms with Gasteiger partial charge in [-0.1, -0.05) is 12.1 Å². The molecule has 1 saturated heterocycles. The minimum Gasteiger partial charge on any atom is -0.382 e. The lowest BCUT2D eigenvalue weighted by Crippen LogP contribution is -2.47. The molecule has 28 heavy (non-hydrogen) atoms. The van der Waals surface area contributed by atoms with Gasteiger partial charge in [0, 0.05) is 24.5 Å². The van der Waals surface area contributed by atoms with Gasteiger partial charge >= 0.3 is 0 Å². The van der Waals surface area contributed by atoms with Crippen molar-refractivity contribution in [3.05, 3.63) is 52.0 Å². The van der Waals surface area contributed by atoms with Crippen LogP contribution in [0.5, 0.6) is 0 Å². The van der Waals surface area contributed by atoms with Gasteiger partial charge in [-0.25, -0.2) is 4.39 Å². The van der Waals surface area contributed by atoms with Gasteiger partial charge in [-0.2, -0.15) is 5.26 Å². The Kier molecular flexibility index (Phi) is 6.61. The summed E-state index contributed by atoms with van der Waals surface area (Å²) in [5.41, 5.74) is 0.348. The second-order valence-electron chi connectivity index (χ2n) is 6.49. The Morgan fingerprint density at radius 1 is 1.29 bits per heavy atom. The molecule has 2 amide bonds. The molecule has 0 aliphatic carbocycles. The van der Waals surface area contributed by atoms with Crippen LogP contribution in [0.25, 0.3) is 0 Å². The van der Waals surface area contributed by atoms with E-state index in [1.54, 1.807) is 11.0 Å². The van der Waals surface area contributed by atoms with Gasteiger partial charge in [0.25, 0.3) is 0 Å². The third-order valence-electron chi connectivity index (χ3n) is 4.65. The van der Waals surface area contributed by atoms with Gasteiger partial charge in [0.2, 0.25) is 11.8 Å². The van der Waals surface area contributed by atoms with E-state index in [1.807, 2.05) is 23.6 Å². The molecule has 0 saturated carbocycles. The van der Waals surface area contributed by atoms with Crippen LogP contribution in [0.4, 0.5) is 10.1 Å². The van der Waals surface area contributed by atoms with E-state index in [0.29, 0.717) is 38.2 Å². The zero-order valence-corrected chi connectivity index (χ0v) is 16.1. The fourth-order valence-electron chi connectivity index (χ4n) is 3.29. The summed E-state index contributed by atoms with van der Waals surface area (Å²) in [6.07, 6.45) is 1.78. The molecule has 1 unspecified atom stereocenters. The van der Waals surface area contributed by atoms with Crippen LogP contribution in [-0.2, 0) is 16.0 Å². The van der Waals surface area contributed by atoms with Crippen LogP contribution in [-0.4, -0.2) is 42.4 Å². The minimum atomic E-state index is -0.581. The van der Waals surface area contributed by atoms with Gasteiger partial charge in [-0.3, -0.25) is 9.59 Å². The predicted molar refractivity (Wildman–Crippen MR) is 105 cm³/mol. The molecule has 2 heterocycles. The second kappa shape index (κ2) is 9.33. The zero-order chi connectivity index (χ0) is 19.9. The molecule has 0 radical (unpaired) electrons. The third kappa shape index (κ3) is 4.67. The number of nitrogens with zero attached hydrogens (tertiary/aromatic N) is 2. The number of nitrogens with one attached hydrogen (secondary N) is 2. The number of hydrogen-bond acceptors (Lipinski definition) is 5. The highest BCUT2D eigenvalue weighted by molar-refractivity contribution is 7.10. The van der Waals surface area contributed by atoms with Gasteiger partial charge in [0.15, 0.2) is 0 Å². The Morgan fingerprint density at radius 3 is 2.89 bits per heavy atom. The maximum absolute atomic E-state index is 13.6. The van der Waals surface area contributed by atoms with Gasteiger partial charge in [0.1, 0.15) is 23.5 Å². The van der Waals surface area contributed by atoms with E-state index in [4.69, 9.17) is 5.26 Å². The van der Waals surface area contributed by atoms with Crippen LogP contribution in [0.15, 0.2) is 35.7 Å². The van der Waals surface area contributed by atoms with Crippen LogP contribution in [0, 0.1) is 17.1 Å². The van der Waals surface area contributed by atoms with E-state index in [0.717, 1.165) is 11.3 Å². The first kappa shape index (κ1) is 19.8. The number of thiophene rings is 1. The highest BCUT2D eigenvalue weighted by atomic mass is 32.1. The topological polar surface area (TPSA) is 85.2 Å². The number of benzene rings is 1. The van der Waals surface area contributed by atoms with Crippen LogP contribution < -0.4 is 10.6 Å². The Labute approximate surface area is 167 Å². The summed E-state index contributed by atoms with van der Waals surface area (Å²) in [6.45, 7) is 1.25. The number of halogens is 1. The molecule has 1 aromatic carbocycles. The van der Waals surface area contributed by atoms with E-state index in [1.165, 1.54) is 23.5 Å². The molecule has 2 N–H and O–H groups in total. The number of anilines is 1. The molecule has 8 heteroatoms. The monoisotopic (exact) mass is 400 g/mol. The van der Waals surface area contributed by atoms with Crippen LogP contribution in [0.2, 0.25) is 0 Å². The first-order chi connectivity index (χ1) is 13.6. The summed E-state index contributed by atoms with van der Waals surface area (Å²) < 4.78 is 13.6. The maximum atomic E-state index is 13.6. The Balaban J connectivity index is 1.48. The van der Waals surface area contributed by atoms with Crippen LogP contribution in [0.1, 0.15) is 23.3 Å². The third-order valence-corrected chi connectivity index (χ3v) is 5.52. The van der Waals surface area contributed by atoms with E-state index in [2.05, 4.69) is 10.6 Å². The van der Waals surface area contributed by atoms with Crippen molar-refractivity contribution < 1.29 is 14.0 Å². The highest BCUT2D eigenvalue weighted by Crippen LogP contribution is 2.20. The number of carbonyl (C=O) groups excluding carboxylic acids is 2. The molecule has 146 valence electrons. The maximum Gasteiger partial charge on any atom is 0.242 e. The Hall–Kier alpha value is -2.92. The van der Waals surface area contributed by atoms with Crippen molar-refractivity contribution in [3.63, 3.8) is 0 Å². The molecule has 1 atom stereocenters. The van der Waals surface area contributed by atoms with Crippen LogP contribution >= 0.6 is 11.3 Å². The van der Waals surface area contributed by atoms with Crippen LogP contribution in [0.3, 0.4) is 0 Å². The van der Waals surface area contributed by atoms with Crippen molar-refractivity contribution in [2.24, 2.45) is 0 Å². The molecule has 6 nitrogen and oxygen atoms in total. The standard InChI is InChI=1S/C20H21FN4O2S/c21-16-5-1-6-17(15(16)13-22)23-8-9-24-20(27)18-7-2-10-25(18)19(26)12-14-4-3-11-28-14/h1,3-6,11,18,23H,2,7-10,12H2,(H,24,27). The summed E-state index contributed by atoms with van der Waals surface area (Å²) in [5, 5.41) is 16.7. The molecular formula is C20H21FN4O2S. The fraction of sp³-hybridized carbons (Fsp3) is 0.350. The lowest BCUT2D eigenvalue weighted by atomic mass is 10.2. The number of carbonyl (C=O) groups is 2. The number of rotatable bonds is 7. The summed E-state index contributed by atoms with van der Waals surface area (Å²) in [6, 6.07) is 9.57. The molecule has 0 spiro atoms. The SMILES string of the molecule is N#Cc1c(F)cccc1NCCNC(=O)C1CCCN1C(=O)Cc1cccs1. The zero-order valence-electron chi connectivity index (χ0n) is 15.3. The van der Waals surface area contributed by atoms with E-state index in [9.17, 15) is 14.0 Å². The average Bonchev–Trinajstić information content (AvgIpc) is 3.37. The number of hydrogen-bond donors (Lipinski definition) is 2. The van der Waals surface area contributed by atoms with Crippen molar-refractivity contribution in [3.8, 4) is 6.07 Å². The quantitative estimate of drug-likeness (QED) is 0.700.